The summed E-state index contributed by atoms with van der Waals surface area (Å²) in [6, 6.07) is 17.8. The molecule has 0 bridgehead atoms. The van der Waals surface area contributed by atoms with Gasteiger partial charge < -0.3 is 10.6 Å². The van der Waals surface area contributed by atoms with E-state index < -0.39 is 20.0 Å². The van der Waals surface area contributed by atoms with Crippen molar-refractivity contribution in [2.24, 2.45) is 0 Å². The van der Waals surface area contributed by atoms with Crippen LogP contribution in [0.15, 0.2) is 95.0 Å². The van der Waals surface area contributed by atoms with E-state index in [4.69, 9.17) is 35.4 Å². The van der Waals surface area contributed by atoms with Gasteiger partial charge in [-0.15, -0.1) is 0 Å². The third-order valence-corrected chi connectivity index (χ3v) is 8.49. The highest BCUT2D eigenvalue weighted by Crippen LogP contribution is 2.27. The SMILES string of the molecule is O=S(=O)(Nc1ccc(Cl)c(Cl)c1)c1ccc(NC(=S)Nc2ccc(S(=O)(=O)Nc3ncccn3)cc2)cc1. The van der Waals surface area contributed by atoms with Crippen LogP contribution in [0.25, 0.3) is 0 Å². The van der Waals surface area contributed by atoms with Crippen molar-refractivity contribution >= 4 is 83.6 Å². The number of thiocarbonyl (C=S) groups is 1. The van der Waals surface area contributed by atoms with E-state index >= 15 is 0 Å². The number of anilines is 4. The summed E-state index contributed by atoms with van der Waals surface area (Å²) >= 11 is 17.1. The van der Waals surface area contributed by atoms with Gasteiger partial charge in [0.2, 0.25) is 5.95 Å². The van der Waals surface area contributed by atoms with E-state index in [2.05, 4.69) is 30.0 Å². The Balaban J connectivity index is 1.35. The molecule has 0 saturated carbocycles. The number of nitrogens with one attached hydrogen (secondary N) is 4. The summed E-state index contributed by atoms with van der Waals surface area (Å²) in [4.78, 5) is 7.73. The van der Waals surface area contributed by atoms with Gasteiger partial charge in [0.05, 0.1) is 25.5 Å². The number of hydrogen-bond acceptors (Lipinski definition) is 7. The van der Waals surface area contributed by atoms with Crippen LogP contribution in [0.3, 0.4) is 0 Å². The molecule has 4 aromatic rings. The molecule has 38 heavy (non-hydrogen) atoms. The molecule has 0 spiro atoms. The lowest BCUT2D eigenvalue weighted by molar-refractivity contribution is 0.599. The summed E-state index contributed by atoms with van der Waals surface area (Å²) < 4.78 is 55.1. The molecular weight excluding hydrogens is 591 g/mol. The summed E-state index contributed by atoms with van der Waals surface area (Å²) in [5.41, 5.74) is 1.33. The van der Waals surface area contributed by atoms with Crippen LogP contribution in [0.2, 0.25) is 10.0 Å². The molecule has 10 nitrogen and oxygen atoms in total. The van der Waals surface area contributed by atoms with Crippen molar-refractivity contribution in [3.8, 4) is 0 Å². The molecule has 196 valence electrons. The van der Waals surface area contributed by atoms with Gasteiger partial charge in [0, 0.05) is 23.8 Å². The Labute approximate surface area is 234 Å². The number of sulfonamides is 2. The van der Waals surface area contributed by atoms with Crippen LogP contribution in [-0.2, 0) is 20.0 Å². The third-order valence-electron chi connectivity index (χ3n) is 4.81. The van der Waals surface area contributed by atoms with Crippen molar-refractivity contribution in [1.82, 2.24) is 9.97 Å². The Morgan fingerprint density at radius 3 is 1.63 bits per heavy atom. The van der Waals surface area contributed by atoms with Crippen LogP contribution in [0.1, 0.15) is 0 Å². The standard InChI is InChI=1S/C23H18Cl2N6O4S3/c24-20-11-6-17(14-21(20)25)30-37(32,33)18-7-2-15(3-8-18)28-23(36)29-16-4-9-19(10-5-16)38(34,35)31-22-26-12-1-13-27-22/h1-14,30H,(H,26,27,31)(H2,28,29,36). The lowest BCUT2D eigenvalue weighted by atomic mass is 10.3. The van der Waals surface area contributed by atoms with Crippen LogP contribution in [0.4, 0.5) is 23.0 Å². The number of rotatable bonds is 8. The molecule has 0 atom stereocenters. The molecule has 3 aromatic carbocycles. The van der Waals surface area contributed by atoms with Crippen molar-refractivity contribution in [2.45, 2.75) is 9.79 Å². The molecular formula is C23H18Cl2N6O4S3. The van der Waals surface area contributed by atoms with Gasteiger partial charge in [0.1, 0.15) is 0 Å². The quantitative estimate of drug-likeness (QED) is 0.199. The summed E-state index contributed by atoms with van der Waals surface area (Å²) in [6.45, 7) is 0. The first-order chi connectivity index (χ1) is 18.0. The lowest BCUT2D eigenvalue weighted by Gasteiger charge is -2.13. The molecule has 4 N–H and O–H groups in total. The fraction of sp³-hybridized carbons (Fsp3) is 0. The zero-order chi connectivity index (χ0) is 27.3. The van der Waals surface area contributed by atoms with Gasteiger partial charge in [0.25, 0.3) is 20.0 Å². The smallest absolute Gasteiger partial charge is 0.264 e. The number of benzene rings is 3. The van der Waals surface area contributed by atoms with Crippen molar-refractivity contribution in [3.63, 3.8) is 0 Å². The monoisotopic (exact) mass is 608 g/mol. The average molecular weight is 610 g/mol. The van der Waals surface area contributed by atoms with Gasteiger partial charge >= 0.3 is 0 Å². The van der Waals surface area contributed by atoms with Crippen LogP contribution in [0.5, 0.6) is 0 Å². The Hall–Kier alpha value is -3.49. The van der Waals surface area contributed by atoms with E-state index in [0.717, 1.165) is 0 Å². The fourth-order valence-corrected chi connectivity index (χ4v) is 5.57. The molecule has 0 fully saturated rings. The van der Waals surface area contributed by atoms with E-state index in [1.54, 1.807) is 30.3 Å². The summed E-state index contributed by atoms with van der Waals surface area (Å²) in [5.74, 6) is -0.0379. The van der Waals surface area contributed by atoms with Gasteiger partial charge in [-0.2, -0.15) is 0 Å². The van der Waals surface area contributed by atoms with Gasteiger partial charge in [-0.3, -0.25) is 4.72 Å². The van der Waals surface area contributed by atoms with Crippen LogP contribution in [-0.4, -0.2) is 31.9 Å². The fourth-order valence-electron chi connectivity index (χ4n) is 3.03. The number of nitrogens with zero attached hydrogens (tertiary/aromatic N) is 2. The lowest BCUT2D eigenvalue weighted by Crippen LogP contribution is -2.19. The maximum atomic E-state index is 12.7. The van der Waals surface area contributed by atoms with Gasteiger partial charge in [0.15, 0.2) is 5.11 Å². The molecule has 0 aliphatic carbocycles. The first-order valence-electron chi connectivity index (χ1n) is 10.6. The largest absolute Gasteiger partial charge is 0.332 e. The molecule has 1 aromatic heterocycles. The summed E-state index contributed by atoms with van der Waals surface area (Å²) in [6.07, 6.45) is 2.85. The first-order valence-corrected chi connectivity index (χ1v) is 14.7. The molecule has 0 unspecified atom stereocenters. The zero-order valence-corrected chi connectivity index (χ0v) is 23.1. The minimum atomic E-state index is -3.87. The molecule has 0 saturated heterocycles. The van der Waals surface area contributed by atoms with Crippen molar-refractivity contribution in [2.75, 3.05) is 20.1 Å². The first kappa shape index (κ1) is 27.5. The summed E-state index contributed by atoms with van der Waals surface area (Å²) in [7, 11) is -7.73. The van der Waals surface area contributed by atoms with Crippen molar-refractivity contribution < 1.29 is 16.8 Å². The summed E-state index contributed by atoms with van der Waals surface area (Å²) in [5, 5.41) is 6.61. The molecule has 1 heterocycles. The van der Waals surface area contributed by atoms with E-state index in [9.17, 15) is 16.8 Å². The maximum Gasteiger partial charge on any atom is 0.264 e. The topological polar surface area (TPSA) is 142 Å². The normalized spacial score (nSPS) is 11.4. The van der Waals surface area contributed by atoms with Gasteiger partial charge in [-0.25, -0.2) is 31.5 Å². The number of aromatic nitrogens is 2. The zero-order valence-electron chi connectivity index (χ0n) is 19.1. The molecule has 0 radical (unpaired) electrons. The Bertz CT molecular complexity index is 1670. The van der Waals surface area contributed by atoms with Crippen LogP contribution >= 0.6 is 35.4 Å². The molecule has 0 amide bonds. The third kappa shape index (κ3) is 7.08. The number of halogens is 2. The Kier molecular flexibility index (Phi) is 8.33. The second kappa shape index (κ2) is 11.5. The molecule has 0 aliphatic heterocycles. The molecule has 4 rings (SSSR count). The maximum absolute atomic E-state index is 12.7. The molecule has 15 heteroatoms. The second-order valence-electron chi connectivity index (χ2n) is 7.54. The van der Waals surface area contributed by atoms with Gasteiger partial charge in [-0.1, -0.05) is 23.2 Å². The van der Waals surface area contributed by atoms with Crippen molar-refractivity contribution in [3.05, 3.63) is 95.2 Å². The van der Waals surface area contributed by atoms with E-state index in [0.29, 0.717) is 16.4 Å². The Morgan fingerprint density at radius 1 is 0.658 bits per heavy atom. The molecule has 0 aliphatic rings. The highest BCUT2D eigenvalue weighted by atomic mass is 35.5. The number of hydrogen-bond donors (Lipinski definition) is 4. The van der Waals surface area contributed by atoms with Gasteiger partial charge in [-0.05, 0) is 85.0 Å². The van der Waals surface area contributed by atoms with Crippen LogP contribution < -0.4 is 20.1 Å². The predicted octanol–water partition coefficient (Wildman–Crippen LogP) is 5.19. The highest BCUT2D eigenvalue weighted by molar-refractivity contribution is 7.93. The van der Waals surface area contributed by atoms with Crippen LogP contribution in [0, 0.1) is 0 Å². The minimum Gasteiger partial charge on any atom is -0.332 e. The highest BCUT2D eigenvalue weighted by Gasteiger charge is 2.16. The van der Waals surface area contributed by atoms with Crippen molar-refractivity contribution in [1.29, 1.82) is 0 Å². The predicted molar refractivity (Wildman–Crippen MR) is 153 cm³/mol. The Morgan fingerprint density at radius 2 is 1.13 bits per heavy atom. The van der Waals surface area contributed by atoms with E-state index in [-0.39, 0.29) is 31.6 Å². The second-order valence-corrected chi connectivity index (χ2v) is 12.1. The average Bonchev–Trinajstić information content (AvgIpc) is 2.87. The van der Waals surface area contributed by atoms with E-state index in [1.165, 1.54) is 54.9 Å². The van der Waals surface area contributed by atoms with E-state index in [1.807, 2.05) is 0 Å². The minimum absolute atomic E-state index is 0.0145.